The van der Waals surface area contributed by atoms with E-state index in [1.165, 1.54) is 16.2 Å². The number of aliphatic hydroxyl groups excluding tert-OH is 1. The normalized spacial score (nSPS) is 12.7. The van der Waals surface area contributed by atoms with E-state index in [-0.39, 0.29) is 0 Å². The number of thiazole rings is 2. The van der Waals surface area contributed by atoms with Crippen molar-refractivity contribution in [2.24, 2.45) is 0 Å². The molecule has 0 aromatic carbocycles. The van der Waals surface area contributed by atoms with Crippen molar-refractivity contribution in [2.75, 3.05) is 11.9 Å². The van der Waals surface area contributed by atoms with Crippen molar-refractivity contribution >= 4 is 27.8 Å². The largest absolute Gasteiger partial charge is 0.388 e. The highest BCUT2D eigenvalue weighted by Gasteiger charge is 2.12. The van der Waals surface area contributed by atoms with Crippen molar-refractivity contribution in [3.05, 3.63) is 27.2 Å². The Hall–Kier alpha value is -0.980. The predicted octanol–water partition coefficient (Wildman–Crippen LogP) is 2.60. The summed E-state index contributed by atoms with van der Waals surface area (Å²) in [6, 6.07) is 0. The van der Waals surface area contributed by atoms with Gasteiger partial charge in [0.05, 0.1) is 28.7 Å². The fourth-order valence-corrected chi connectivity index (χ4v) is 3.05. The van der Waals surface area contributed by atoms with Crippen molar-refractivity contribution in [3.63, 3.8) is 0 Å². The van der Waals surface area contributed by atoms with Crippen LogP contribution in [0.15, 0.2) is 11.7 Å². The number of anilines is 1. The van der Waals surface area contributed by atoms with Crippen molar-refractivity contribution < 1.29 is 5.11 Å². The topological polar surface area (TPSA) is 49.2 Å². The zero-order chi connectivity index (χ0) is 12.4. The van der Waals surface area contributed by atoms with E-state index < -0.39 is 6.10 Å². The molecule has 17 heavy (non-hydrogen) atoms. The van der Waals surface area contributed by atoms with Gasteiger partial charge >= 0.3 is 0 Å². The van der Waals surface area contributed by atoms with Crippen LogP contribution in [0.4, 0.5) is 5.13 Å². The molecular formula is C11H15N3OS2. The van der Waals surface area contributed by atoms with Gasteiger partial charge in [0.1, 0.15) is 0 Å². The first-order chi connectivity index (χ1) is 8.08. The Kier molecular flexibility index (Phi) is 3.76. The van der Waals surface area contributed by atoms with Crippen LogP contribution in [0, 0.1) is 6.92 Å². The quantitative estimate of drug-likeness (QED) is 0.927. The Morgan fingerprint density at radius 3 is 2.76 bits per heavy atom. The molecule has 6 heteroatoms. The standard InChI is InChI=1S/C11H15N3OS2/c1-7-10(16-6-13-7)5-14(3)11-12-4-9(17-11)8(2)15/h4,6,8,15H,5H2,1-3H3. The van der Waals surface area contributed by atoms with Gasteiger partial charge in [0, 0.05) is 18.1 Å². The molecular weight excluding hydrogens is 254 g/mol. The molecule has 0 fully saturated rings. The summed E-state index contributed by atoms with van der Waals surface area (Å²) in [4.78, 5) is 12.8. The SMILES string of the molecule is Cc1ncsc1CN(C)c1ncc(C(C)O)s1. The third-order valence-corrected chi connectivity index (χ3v) is 4.68. The summed E-state index contributed by atoms with van der Waals surface area (Å²) in [7, 11) is 2.00. The molecule has 1 N–H and O–H groups in total. The highest BCUT2D eigenvalue weighted by molar-refractivity contribution is 7.15. The van der Waals surface area contributed by atoms with Gasteiger partial charge in [-0.15, -0.1) is 11.3 Å². The molecule has 2 aromatic heterocycles. The first-order valence-corrected chi connectivity index (χ1v) is 7.01. The molecule has 0 amide bonds. The summed E-state index contributed by atoms with van der Waals surface area (Å²) >= 11 is 3.19. The van der Waals surface area contributed by atoms with Gasteiger partial charge in [-0.05, 0) is 13.8 Å². The van der Waals surface area contributed by atoms with Crippen molar-refractivity contribution in [2.45, 2.75) is 26.5 Å². The highest BCUT2D eigenvalue weighted by Crippen LogP contribution is 2.27. The van der Waals surface area contributed by atoms with E-state index in [1.807, 2.05) is 19.5 Å². The molecule has 4 nitrogen and oxygen atoms in total. The third-order valence-electron chi connectivity index (χ3n) is 2.48. The summed E-state index contributed by atoms with van der Waals surface area (Å²) in [5, 5.41) is 10.4. The lowest BCUT2D eigenvalue weighted by molar-refractivity contribution is 0.203. The van der Waals surface area contributed by atoms with Crippen molar-refractivity contribution in [1.29, 1.82) is 0 Å². The number of aliphatic hydroxyl groups is 1. The number of hydrogen-bond acceptors (Lipinski definition) is 6. The summed E-state index contributed by atoms with van der Waals surface area (Å²) in [5.41, 5.74) is 2.94. The minimum atomic E-state index is -0.445. The van der Waals surface area contributed by atoms with Gasteiger partial charge in [-0.25, -0.2) is 9.97 Å². The van der Waals surface area contributed by atoms with Gasteiger partial charge in [-0.3, -0.25) is 0 Å². The minimum absolute atomic E-state index is 0.445. The van der Waals surface area contributed by atoms with E-state index in [4.69, 9.17) is 0 Å². The lowest BCUT2D eigenvalue weighted by Crippen LogP contribution is -2.15. The van der Waals surface area contributed by atoms with Gasteiger partial charge in [-0.1, -0.05) is 11.3 Å². The van der Waals surface area contributed by atoms with Crippen LogP contribution in [0.3, 0.4) is 0 Å². The molecule has 2 aromatic rings. The Balaban J connectivity index is 2.09. The second-order valence-electron chi connectivity index (χ2n) is 3.94. The second-order valence-corrected chi connectivity index (χ2v) is 5.92. The molecule has 0 aliphatic heterocycles. The van der Waals surface area contributed by atoms with Crippen LogP contribution in [0.25, 0.3) is 0 Å². The Labute approximate surface area is 109 Å². The maximum Gasteiger partial charge on any atom is 0.185 e. The van der Waals surface area contributed by atoms with Crippen LogP contribution in [0.1, 0.15) is 28.5 Å². The van der Waals surface area contributed by atoms with E-state index in [9.17, 15) is 5.11 Å². The molecule has 1 unspecified atom stereocenters. The molecule has 92 valence electrons. The highest BCUT2D eigenvalue weighted by atomic mass is 32.1. The smallest absolute Gasteiger partial charge is 0.185 e. The molecule has 0 bridgehead atoms. The maximum atomic E-state index is 9.46. The Bertz CT molecular complexity index is 492. The molecule has 0 saturated heterocycles. The van der Waals surface area contributed by atoms with Crippen molar-refractivity contribution in [3.8, 4) is 0 Å². The maximum absolute atomic E-state index is 9.46. The van der Waals surface area contributed by atoms with E-state index in [2.05, 4.69) is 14.9 Å². The van der Waals surface area contributed by atoms with E-state index in [0.717, 1.165) is 22.2 Å². The third kappa shape index (κ3) is 2.83. The van der Waals surface area contributed by atoms with Crippen LogP contribution in [-0.2, 0) is 6.54 Å². The van der Waals surface area contributed by atoms with Crippen LogP contribution in [0.5, 0.6) is 0 Å². The molecule has 0 saturated carbocycles. The van der Waals surface area contributed by atoms with Crippen LogP contribution >= 0.6 is 22.7 Å². The summed E-state index contributed by atoms with van der Waals surface area (Å²) in [6.07, 6.45) is 1.29. The van der Waals surface area contributed by atoms with E-state index in [1.54, 1.807) is 24.5 Å². The monoisotopic (exact) mass is 269 g/mol. The molecule has 0 aliphatic carbocycles. The fraction of sp³-hybridized carbons (Fsp3) is 0.455. The van der Waals surface area contributed by atoms with Gasteiger partial charge < -0.3 is 10.0 Å². The average molecular weight is 269 g/mol. The van der Waals surface area contributed by atoms with Crippen LogP contribution < -0.4 is 4.90 Å². The number of rotatable bonds is 4. The summed E-state index contributed by atoms with van der Waals surface area (Å²) < 4.78 is 0. The van der Waals surface area contributed by atoms with Gasteiger partial charge in [0.2, 0.25) is 0 Å². The second kappa shape index (κ2) is 5.12. The first-order valence-electron chi connectivity index (χ1n) is 5.32. The zero-order valence-corrected chi connectivity index (χ0v) is 11.7. The molecule has 2 rings (SSSR count). The van der Waals surface area contributed by atoms with Crippen LogP contribution in [-0.4, -0.2) is 22.1 Å². The summed E-state index contributed by atoms with van der Waals surface area (Å²) in [6.45, 7) is 4.58. The molecule has 0 spiro atoms. The number of nitrogens with zero attached hydrogens (tertiary/aromatic N) is 3. The Morgan fingerprint density at radius 1 is 1.47 bits per heavy atom. The van der Waals surface area contributed by atoms with Gasteiger partial charge in [0.25, 0.3) is 0 Å². The summed E-state index contributed by atoms with van der Waals surface area (Å²) in [5.74, 6) is 0. The van der Waals surface area contributed by atoms with Crippen LogP contribution in [0.2, 0.25) is 0 Å². The molecule has 2 heterocycles. The van der Waals surface area contributed by atoms with Gasteiger partial charge in [-0.2, -0.15) is 0 Å². The number of aryl methyl sites for hydroxylation is 1. The van der Waals surface area contributed by atoms with E-state index in [0.29, 0.717) is 0 Å². The number of aromatic nitrogens is 2. The van der Waals surface area contributed by atoms with E-state index >= 15 is 0 Å². The van der Waals surface area contributed by atoms with Crippen molar-refractivity contribution in [1.82, 2.24) is 9.97 Å². The fourth-order valence-electron chi connectivity index (χ4n) is 1.41. The zero-order valence-electron chi connectivity index (χ0n) is 10.0. The first kappa shape index (κ1) is 12.5. The lowest BCUT2D eigenvalue weighted by atomic mass is 10.4. The average Bonchev–Trinajstić information content (AvgIpc) is 2.88. The molecule has 1 atom stereocenters. The predicted molar refractivity (Wildman–Crippen MR) is 71.7 cm³/mol. The molecule has 0 radical (unpaired) electrons. The Morgan fingerprint density at radius 2 is 2.24 bits per heavy atom. The van der Waals surface area contributed by atoms with Gasteiger partial charge in [0.15, 0.2) is 5.13 Å². The number of hydrogen-bond donors (Lipinski definition) is 1. The molecule has 0 aliphatic rings. The lowest BCUT2D eigenvalue weighted by Gasteiger charge is -2.14. The minimum Gasteiger partial charge on any atom is -0.388 e.